The molecule has 1 nitrogen and oxygen atoms in total. The minimum absolute atomic E-state index is 0.656. The molecule has 2 fully saturated rings. The van der Waals surface area contributed by atoms with Crippen molar-refractivity contribution < 1.29 is 0 Å². The second-order valence-corrected chi connectivity index (χ2v) is 5.35. The molecule has 0 aromatic rings. The van der Waals surface area contributed by atoms with Crippen molar-refractivity contribution in [2.24, 2.45) is 5.41 Å². The van der Waals surface area contributed by atoms with Gasteiger partial charge in [-0.05, 0) is 44.7 Å². The van der Waals surface area contributed by atoms with Gasteiger partial charge in [-0.3, -0.25) is 0 Å². The third kappa shape index (κ3) is 1.76. The molecule has 2 aliphatic rings. The number of rotatable bonds is 0. The molecule has 2 atom stereocenters. The van der Waals surface area contributed by atoms with E-state index in [0.717, 1.165) is 6.04 Å². The van der Waals surface area contributed by atoms with Crippen molar-refractivity contribution in [2.45, 2.75) is 57.9 Å². The zero-order chi connectivity index (χ0) is 9.31. The summed E-state index contributed by atoms with van der Waals surface area (Å²) in [7, 11) is 2.33. The van der Waals surface area contributed by atoms with Crippen LogP contribution >= 0.6 is 0 Å². The van der Waals surface area contributed by atoms with Crippen LogP contribution in [0.5, 0.6) is 0 Å². The van der Waals surface area contributed by atoms with Crippen LogP contribution in [0.4, 0.5) is 0 Å². The van der Waals surface area contributed by atoms with Crippen LogP contribution < -0.4 is 0 Å². The minimum Gasteiger partial charge on any atom is -0.303 e. The summed E-state index contributed by atoms with van der Waals surface area (Å²) < 4.78 is 0. The van der Waals surface area contributed by atoms with Gasteiger partial charge in [0.15, 0.2) is 0 Å². The summed E-state index contributed by atoms with van der Waals surface area (Å²) in [5.41, 5.74) is 0.656. The second kappa shape index (κ2) is 3.61. The van der Waals surface area contributed by atoms with Gasteiger partial charge in [-0.15, -0.1) is 0 Å². The van der Waals surface area contributed by atoms with Gasteiger partial charge in [0, 0.05) is 6.04 Å². The standard InChI is InChI=1S/C12H23N/c1-12-8-4-3-7-11(12)13(2)10-6-5-9-12/h11H,3-10H2,1-2H3/t11?,12-/m1/s1. The molecule has 0 spiro atoms. The first-order chi connectivity index (χ1) is 6.22. The third-order valence-corrected chi connectivity index (χ3v) is 4.32. The van der Waals surface area contributed by atoms with Crippen LogP contribution in [0.1, 0.15) is 51.9 Å². The molecule has 0 N–H and O–H groups in total. The van der Waals surface area contributed by atoms with Gasteiger partial charge in [0.25, 0.3) is 0 Å². The molecule has 0 amide bonds. The van der Waals surface area contributed by atoms with E-state index in [-0.39, 0.29) is 0 Å². The van der Waals surface area contributed by atoms with Gasteiger partial charge < -0.3 is 4.90 Å². The lowest BCUT2D eigenvalue weighted by Crippen LogP contribution is -2.45. The molecule has 1 heterocycles. The highest BCUT2D eigenvalue weighted by Crippen LogP contribution is 2.44. The molecule has 1 saturated heterocycles. The summed E-state index contributed by atoms with van der Waals surface area (Å²) in [6, 6.07) is 0.892. The molecule has 1 aliphatic carbocycles. The average molecular weight is 181 g/mol. The molecule has 1 saturated carbocycles. The molecule has 1 heteroatoms. The summed E-state index contributed by atoms with van der Waals surface area (Å²) in [5.74, 6) is 0. The Kier molecular flexibility index (Phi) is 2.64. The zero-order valence-corrected chi connectivity index (χ0v) is 9.18. The van der Waals surface area contributed by atoms with Crippen LogP contribution in [0.2, 0.25) is 0 Å². The van der Waals surface area contributed by atoms with Crippen LogP contribution in [-0.4, -0.2) is 24.5 Å². The van der Waals surface area contributed by atoms with E-state index in [1.807, 2.05) is 0 Å². The van der Waals surface area contributed by atoms with Crippen molar-refractivity contribution in [1.29, 1.82) is 0 Å². The normalized spacial score (nSPS) is 42.5. The van der Waals surface area contributed by atoms with Crippen LogP contribution in [0.3, 0.4) is 0 Å². The minimum atomic E-state index is 0.656. The Morgan fingerprint density at radius 1 is 1.08 bits per heavy atom. The highest BCUT2D eigenvalue weighted by Gasteiger charge is 2.39. The lowest BCUT2D eigenvalue weighted by atomic mass is 9.69. The van der Waals surface area contributed by atoms with E-state index < -0.39 is 0 Å². The van der Waals surface area contributed by atoms with Crippen LogP contribution in [-0.2, 0) is 0 Å². The summed E-state index contributed by atoms with van der Waals surface area (Å²) in [4.78, 5) is 2.63. The zero-order valence-electron chi connectivity index (χ0n) is 9.18. The number of nitrogens with zero attached hydrogens (tertiary/aromatic N) is 1. The Bertz CT molecular complexity index is 178. The van der Waals surface area contributed by atoms with Crippen molar-refractivity contribution in [3.05, 3.63) is 0 Å². The molecule has 0 aromatic heterocycles. The van der Waals surface area contributed by atoms with Crippen molar-refractivity contribution in [1.82, 2.24) is 4.90 Å². The second-order valence-electron chi connectivity index (χ2n) is 5.35. The van der Waals surface area contributed by atoms with E-state index in [2.05, 4.69) is 18.9 Å². The Balaban J connectivity index is 2.14. The Hall–Kier alpha value is -0.0400. The average Bonchev–Trinajstić information content (AvgIpc) is 2.26. The first-order valence-electron chi connectivity index (χ1n) is 5.93. The summed E-state index contributed by atoms with van der Waals surface area (Å²) >= 11 is 0. The van der Waals surface area contributed by atoms with Gasteiger partial charge >= 0.3 is 0 Å². The first kappa shape index (κ1) is 9.51. The van der Waals surface area contributed by atoms with Gasteiger partial charge in [-0.1, -0.05) is 26.2 Å². The van der Waals surface area contributed by atoms with E-state index >= 15 is 0 Å². The Morgan fingerprint density at radius 3 is 2.54 bits per heavy atom. The predicted molar refractivity (Wildman–Crippen MR) is 56.8 cm³/mol. The van der Waals surface area contributed by atoms with Gasteiger partial charge in [0.05, 0.1) is 0 Å². The number of hydrogen-bond donors (Lipinski definition) is 0. The van der Waals surface area contributed by atoms with Gasteiger partial charge in [0.1, 0.15) is 0 Å². The quantitative estimate of drug-likeness (QED) is 0.555. The summed E-state index contributed by atoms with van der Waals surface area (Å²) in [5, 5.41) is 0. The van der Waals surface area contributed by atoms with Crippen LogP contribution in [0.15, 0.2) is 0 Å². The Morgan fingerprint density at radius 2 is 1.77 bits per heavy atom. The largest absolute Gasteiger partial charge is 0.303 e. The van der Waals surface area contributed by atoms with Crippen molar-refractivity contribution >= 4 is 0 Å². The number of fused-ring (bicyclic) bond motifs is 1. The van der Waals surface area contributed by atoms with Crippen molar-refractivity contribution in [3.8, 4) is 0 Å². The molecule has 0 aromatic carbocycles. The maximum Gasteiger partial charge on any atom is 0.0146 e. The fourth-order valence-corrected chi connectivity index (χ4v) is 3.47. The smallest absolute Gasteiger partial charge is 0.0146 e. The molecule has 0 radical (unpaired) electrons. The van der Waals surface area contributed by atoms with E-state index in [0.29, 0.717) is 5.41 Å². The van der Waals surface area contributed by atoms with Crippen molar-refractivity contribution in [3.63, 3.8) is 0 Å². The predicted octanol–water partition coefficient (Wildman–Crippen LogP) is 3.05. The van der Waals surface area contributed by atoms with E-state index in [4.69, 9.17) is 0 Å². The Labute approximate surface area is 82.5 Å². The van der Waals surface area contributed by atoms with Crippen LogP contribution in [0.25, 0.3) is 0 Å². The van der Waals surface area contributed by atoms with E-state index in [1.165, 1.54) is 51.5 Å². The van der Waals surface area contributed by atoms with Gasteiger partial charge in [-0.2, -0.15) is 0 Å². The molecule has 2 rings (SSSR count). The molecule has 76 valence electrons. The van der Waals surface area contributed by atoms with E-state index in [1.54, 1.807) is 0 Å². The van der Waals surface area contributed by atoms with Gasteiger partial charge in [0.2, 0.25) is 0 Å². The summed E-state index contributed by atoms with van der Waals surface area (Å²) in [6.45, 7) is 3.86. The lowest BCUT2D eigenvalue weighted by Gasteiger charge is -2.44. The maximum absolute atomic E-state index is 2.63. The topological polar surface area (TPSA) is 3.24 Å². The third-order valence-electron chi connectivity index (χ3n) is 4.32. The molecule has 1 aliphatic heterocycles. The highest BCUT2D eigenvalue weighted by molar-refractivity contribution is 4.93. The maximum atomic E-state index is 2.63. The first-order valence-corrected chi connectivity index (χ1v) is 5.93. The molecular weight excluding hydrogens is 158 g/mol. The monoisotopic (exact) mass is 181 g/mol. The number of hydrogen-bond acceptors (Lipinski definition) is 1. The molecule has 1 unspecified atom stereocenters. The fraction of sp³-hybridized carbons (Fsp3) is 1.00. The van der Waals surface area contributed by atoms with Crippen molar-refractivity contribution in [2.75, 3.05) is 13.6 Å². The highest BCUT2D eigenvalue weighted by atomic mass is 15.1. The SMILES string of the molecule is CN1CCCC[C@@]2(C)CCCCC12. The van der Waals surface area contributed by atoms with Gasteiger partial charge in [-0.25, -0.2) is 0 Å². The fourth-order valence-electron chi connectivity index (χ4n) is 3.47. The molecular formula is C12H23N. The lowest BCUT2D eigenvalue weighted by molar-refractivity contribution is 0.0637. The van der Waals surface area contributed by atoms with E-state index in [9.17, 15) is 0 Å². The molecule has 13 heavy (non-hydrogen) atoms. The summed E-state index contributed by atoms with van der Waals surface area (Å²) in [6.07, 6.45) is 10.2. The molecule has 0 bridgehead atoms. The van der Waals surface area contributed by atoms with Crippen LogP contribution in [0, 0.1) is 5.41 Å². The number of likely N-dealkylation sites (tertiary alicyclic amines) is 1.